The zero-order valence-corrected chi connectivity index (χ0v) is 20.1. The molecule has 2 N–H and O–H groups in total. The van der Waals surface area contributed by atoms with Gasteiger partial charge in [0.2, 0.25) is 5.91 Å². The fourth-order valence-electron chi connectivity index (χ4n) is 3.21. The highest BCUT2D eigenvalue weighted by Gasteiger charge is 2.26. The summed E-state index contributed by atoms with van der Waals surface area (Å²) >= 11 is 7.36. The van der Waals surface area contributed by atoms with Crippen molar-refractivity contribution in [3.05, 3.63) is 70.8 Å². The zero-order chi connectivity index (χ0) is 24.0. The van der Waals surface area contributed by atoms with Gasteiger partial charge in [0.1, 0.15) is 5.82 Å². The predicted molar refractivity (Wildman–Crippen MR) is 128 cm³/mol. The molecule has 33 heavy (non-hydrogen) atoms. The van der Waals surface area contributed by atoms with Gasteiger partial charge in [-0.1, -0.05) is 61.5 Å². The Morgan fingerprint density at radius 3 is 2.48 bits per heavy atom. The molecule has 3 rings (SSSR count). The van der Waals surface area contributed by atoms with E-state index in [1.807, 2.05) is 25.3 Å². The van der Waals surface area contributed by atoms with Crippen LogP contribution in [-0.4, -0.2) is 32.3 Å². The van der Waals surface area contributed by atoms with Crippen molar-refractivity contribution in [2.75, 3.05) is 11.1 Å². The van der Waals surface area contributed by atoms with Gasteiger partial charge in [-0.05, 0) is 37.1 Å². The zero-order valence-electron chi connectivity index (χ0n) is 18.5. The number of amides is 2. The molecule has 0 radical (unpaired) electrons. The molecule has 0 fully saturated rings. The number of carbonyl (C=O) groups excluding carboxylic acids is 2. The molecule has 1 heterocycles. The van der Waals surface area contributed by atoms with E-state index in [1.54, 1.807) is 36.4 Å². The van der Waals surface area contributed by atoms with E-state index in [0.29, 0.717) is 28.1 Å². The van der Waals surface area contributed by atoms with Crippen molar-refractivity contribution >= 4 is 40.9 Å². The van der Waals surface area contributed by atoms with Crippen LogP contribution in [0.1, 0.15) is 43.0 Å². The molecule has 0 saturated heterocycles. The first kappa shape index (κ1) is 24.7. The molecule has 3 aromatic rings. The Balaban J connectivity index is 1.73. The van der Waals surface area contributed by atoms with E-state index in [9.17, 15) is 14.0 Å². The number of hydrogen-bond acceptors (Lipinski definition) is 5. The third kappa shape index (κ3) is 6.11. The molecular formula is C23H25ClFN5O2S. The Bertz CT molecular complexity index is 1140. The van der Waals surface area contributed by atoms with Crippen LogP contribution < -0.4 is 10.6 Å². The van der Waals surface area contributed by atoms with E-state index in [4.69, 9.17) is 11.6 Å². The van der Waals surface area contributed by atoms with Gasteiger partial charge < -0.3 is 15.2 Å². The predicted octanol–water partition coefficient (Wildman–Crippen LogP) is 4.95. The molecule has 2 amide bonds. The second kappa shape index (κ2) is 11.3. The van der Waals surface area contributed by atoms with Gasteiger partial charge in [0, 0.05) is 6.54 Å². The van der Waals surface area contributed by atoms with Crippen LogP contribution in [-0.2, 0) is 11.3 Å². The monoisotopic (exact) mass is 489 g/mol. The highest BCUT2D eigenvalue weighted by atomic mass is 35.5. The summed E-state index contributed by atoms with van der Waals surface area (Å²) < 4.78 is 15.6. The largest absolute Gasteiger partial charge is 0.342 e. The highest BCUT2D eigenvalue weighted by Crippen LogP contribution is 2.26. The molecular weight excluding hydrogens is 465 g/mol. The lowest BCUT2D eigenvalue weighted by atomic mass is 10.0. The van der Waals surface area contributed by atoms with Crippen LogP contribution in [0.15, 0.2) is 53.7 Å². The first-order valence-electron chi connectivity index (χ1n) is 10.5. The maximum absolute atomic E-state index is 13.8. The maximum Gasteiger partial charge on any atom is 0.253 e. The number of halogens is 2. The van der Waals surface area contributed by atoms with E-state index in [-0.39, 0.29) is 29.2 Å². The molecule has 174 valence electrons. The van der Waals surface area contributed by atoms with Crippen LogP contribution >= 0.6 is 23.4 Å². The van der Waals surface area contributed by atoms with Gasteiger partial charge in [-0.3, -0.25) is 9.59 Å². The molecule has 1 aromatic heterocycles. The molecule has 7 nitrogen and oxygen atoms in total. The molecule has 0 aliphatic rings. The summed E-state index contributed by atoms with van der Waals surface area (Å²) in [5, 5.41) is 15.0. The SMILES string of the molecule is CCn1c(SCC(=O)Nc2ccccc2F)nnc1[C@H](NC(=O)c1ccccc1Cl)C(C)C. The van der Waals surface area contributed by atoms with E-state index in [0.717, 1.165) is 0 Å². The lowest BCUT2D eigenvalue weighted by Crippen LogP contribution is -2.34. The first-order chi connectivity index (χ1) is 15.8. The highest BCUT2D eigenvalue weighted by molar-refractivity contribution is 7.99. The third-order valence-electron chi connectivity index (χ3n) is 4.89. The average molecular weight is 490 g/mol. The van der Waals surface area contributed by atoms with Crippen molar-refractivity contribution in [3.63, 3.8) is 0 Å². The second-order valence-corrected chi connectivity index (χ2v) is 8.93. The number of aromatic nitrogens is 3. The van der Waals surface area contributed by atoms with E-state index >= 15 is 0 Å². The number of nitrogens with zero attached hydrogens (tertiary/aromatic N) is 3. The molecule has 1 atom stereocenters. The summed E-state index contributed by atoms with van der Waals surface area (Å²) in [5.74, 6) is -0.514. The van der Waals surface area contributed by atoms with Crippen LogP contribution in [0.2, 0.25) is 5.02 Å². The quantitative estimate of drug-likeness (QED) is 0.415. The molecule has 10 heteroatoms. The van der Waals surface area contributed by atoms with E-state index in [1.165, 1.54) is 23.9 Å². The molecule has 0 spiro atoms. The number of benzene rings is 2. The van der Waals surface area contributed by atoms with Crippen molar-refractivity contribution in [1.82, 2.24) is 20.1 Å². The number of anilines is 1. The van der Waals surface area contributed by atoms with Gasteiger partial charge in [0.05, 0.1) is 28.1 Å². The number of carbonyl (C=O) groups is 2. The van der Waals surface area contributed by atoms with Gasteiger partial charge in [-0.25, -0.2) is 4.39 Å². The van der Waals surface area contributed by atoms with Crippen molar-refractivity contribution in [2.24, 2.45) is 5.92 Å². The summed E-state index contributed by atoms with van der Waals surface area (Å²) in [6.45, 7) is 6.43. The molecule has 0 aliphatic carbocycles. The van der Waals surface area contributed by atoms with Crippen LogP contribution in [0.4, 0.5) is 10.1 Å². The van der Waals surface area contributed by atoms with Gasteiger partial charge in [0.25, 0.3) is 5.91 Å². The van der Waals surface area contributed by atoms with E-state index < -0.39 is 11.9 Å². The van der Waals surface area contributed by atoms with Gasteiger partial charge in [-0.15, -0.1) is 10.2 Å². The normalized spacial score (nSPS) is 11.9. The minimum atomic E-state index is -0.496. The van der Waals surface area contributed by atoms with Crippen molar-refractivity contribution in [1.29, 1.82) is 0 Å². The lowest BCUT2D eigenvalue weighted by molar-refractivity contribution is -0.113. The topological polar surface area (TPSA) is 88.9 Å². The van der Waals surface area contributed by atoms with Crippen molar-refractivity contribution in [2.45, 2.75) is 38.5 Å². The van der Waals surface area contributed by atoms with Gasteiger partial charge in [-0.2, -0.15) is 0 Å². The number of hydrogen-bond donors (Lipinski definition) is 2. The minimum Gasteiger partial charge on any atom is -0.342 e. The maximum atomic E-state index is 13.8. The lowest BCUT2D eigenvalue weighted by Gasteiger charge is -2.22. The Hall–Kier alpha value is -2.91. The summed E-state index contributed by atoms with van der Waals surface area (Å²) in [6.07, 6.45) is 0. The average Bonchev–Trinajstić information content (AvgIpc) is 3.20. The second-order valence-electron chi connectivity index (χ2n) is 7.58. The van der Waals surface area contributed by atoms with Crippen LogP contribution in [0.25, 0.3) is 0 Å². The van der Waals surface area contributed by atoms with Crippen LogP contribution in [0.3, 0.4) is 0 Å². The molecule has 0 bridgehead atoms. The molecule has 0 unspecified atom stereocenters. The number of nitrogens with one attached hydrogen (secondary N) is 2. The summed E-state index contributed by atoms with van der Waals surface area (Å²) in [7, 11) is 0. The van der Waals surface area contributed by atoms with Gasteiger partial charge >= 0.3 is 0 Å². The van der Waals surface area contributed by atoms with Crippen LogP contribution in [0.5, 0.6) is 0 Å². The Morgan fingerprint density at radius 2 is 1.82 bits per heavy atom. The fraction of sp³-hybridized carbons (Fsp3) is 0.304. The smallest absolute Gasteiger partial charge is 0.253 e. The number of para-hydroxylation sites is 1. The Kier molecular flexibility index (Phi) is 8.46. The number of thioether (sulfide) groups is 1. The standard InChI is InChI=1S/C23H25ClFN5O2S/c1-4-30-21(20(14(2)3)27-22(32)15-9-5-6-10-16(15)24)28-29-23(30)33-13-19(31)26-18-12-8-7-11-17(18)25/h5-12,14,20H,4,13H2,1-3H3,(H,26,31)(H,27,32)/t20-/m1/s1. The van der Waals surface area contributed by atoms with Crippen LogP contribution in [0, 0.1) is 11.7 Å². The Labute approximate surface area is 201 Å². The summed E-state index contributed by atoms with van der Waals surface area (Å²) in [4.78, 5) is 25.1. The molecule has 0 aliphatic heterocycles. The van der Waals surface area contributed by atoms with E-state index in [2.05, 4.69) is 20.8 Å². The Morgan fingerprint density at radius 1 is 1.12 bits per heavy atom. The number of rotatable bonds is 9. The van der Waals surface area contributed by atoms with Crippen molar-refractivity contribution < 1.29 is 14.0 Å². The van der Waals surface area contributed by atoms with Gasteiger partial charge in [0.15, 0.2) is 11.0 Å². The molecule has 2 aromatic carbocycles. The minimum absolute atomic E-state index is 0.0214. The summed E-state index contributed by atoms with van der Waals surface area (Å²) in [6, 6.07) is 12.4. The van der Waals surface area contributed by atoms with Crippen molar-refractivity contribution in [3.8, 4) is 0 Å². The summed E-state index contributed by atoms with van der Waals surface area (Å²) in [5.41, 5.74) is 0.509. The third-order valence-corrected chi connectivity index (χ3v) is 6.19. The molecule has 0 saturated carbocycles. The fourth-order valence-corrected chi connectivity index (χ4v) is 4.24. The first-order valence-corrected chi connectivity index (χ1v) is 11.8.